The van der Waals surface area contributed by atoms with Crippen LogP contribution in [0.15, 0.2) is 32.9 Å². The first-order valence-corrected chi connectivity index (χ1v) is 8.10. The lowest BCUT2D eigenvalue weighted by molar-refractivity contribution is -0.0434. The molecule has 0 fully saturated rings. The Kier molecular flexibility index (Phi) is 3.99. The van der Waals surface area contributed by atoms with Gasteiger partial charge in [-0.2, -0.15) is 21.6 Å². The predicted molar refractivity (Wildman–Crippen MR) is 60.8 cm³/mol. The van der Waals surface area contributed by atoms with Gasteiger partial charge in [0.2, 0.25) is 0 Å². The summed E-state index contributed by atoms with van der Waals surface area (Å²) < 4.78 is 71.7. The van der Waals surface area contributed by atoms with Crippen LogP contribution in [0.3, 0.4) is 0 Å². The van der Waals surface area contributed by atoms with Crippen LogP contribution < -0.4 is 0 Å². The lowest BCUT2D eigenvalue weighted by Crippen LogP contribution is -2.21. The van der Waals surface area contributed by atoms with E-state index in [9.17, 15) is 25.8 Å². The Morgan fingerprint density at radius 3 is 1.94 bits per heavy atom. The van der Waals surface area contributed by atoms with E-state index < -0.39 is 24.5 Å². The van der Waals surface area contributed by atoms with E-state index >= 15 is 0 Å². The Morgan fingerprint density at radius 2 is 1.56 bits per heavy atom. The smallest absolute Gasteiger partial charge is 0.227 e. The van der Waals surface area contributed by atoms with Crippen LogP contribution in [0, 0.1) is 6.92 Å². The van der Waals surface area contributed by atoms with Gasteiger partial charge in [0.1, 0.15) is 0 Å². The molecule has 1 aromatic rings. The summed E-state index contributed by atoms with van der Waals surface area (Å²) >= 11 is 0. The normalized spacial score (nSPS) is 16.1. The van der Waals surface area contributed by atoms with Crippen molar-refractivity contribution >= 4 is 29.6 Å². The summed E-state index contributed by atoms with van der Waals surface area (Å²) in [5.41, 5.74) is -4.89. The number of nitrogens with zero attached hydrogens (tertiary/aromatic N) is 1. The zero-order chi connectivity index (χ0) is 14.2. The minimum absolute atomic E-state index is 0.303. The number of rotatable bonds is 2. The average Bonchev–Trinajstić information content (AvgIpc) is 2.14. The van der Waals surface area contributed by atoms with Crippen LogP contribution in [0.2, 0.25) is 0 Å². The molecule has 0 radical (unpaired) electrons. The fraction of sp³-hybridized carbons (Fsp3) is 0.250. The Labute approximate surface area is 107 Å². The molecule has 0 saturated carbocycles. The SMILES string of the molecule is Cc1ccc(S(=O)(Cl)=NS(=O)(=O)C(F)(F)F)cc1. The third-order valence-electron chi connectivity index (χ3n) is 1.80. The van der Waals surface area contributed by atoms with Crippen molar-refractivity contribution < 1.29 is 25.8 Å². The molecule has 0 aliphatic heterocycles. The first-order valence-electron chi connectivity index (χ1n) is 4.32. The lowest BCUT2D eigenvalue weighted by atomic mass is 10.2. The van der Waals surface area contributed by atoms with E-state index in [1.165, 1.54) is 12.1 Å². The molecule has 1 aromatic carbocycles. The summed E-state index contributed by atoms with van der Waals surface area (Å²) in [7, 11) is -4.79. The van der Waals surface area contributed by atoms with Gasteiger partial charge in [0, 0.05) is 10.7 Å². The van der Waals surface area contributed by atoms with Crippen LogP contribution in [-0.4, -0.2) is 18.1 Å². The second-order valence-electron chi connectivity index (χ2n) is 3.27. The molecule has 0 amide bonds. The standard InChI is InChI=1S/C8H7ClF3NO3S2/c1-6-2-4-7(5-3-6)17(9,14)13-18(15,16)8(10,11)12/h2-5H,1H3. The quantitative estimate of drug-likeness (QED) is 0.787. The van der Waals surface area contributed by atoms with Crippen molar-refractivity contribution in [3.8, 4) is 0 Å². The van der Waals surface area contributed by atoms with Crippen LogP contribution in [-0.2, 0) is 19.0 Å². The van der Waals surface area contributed by atoms with Gasteiger partial charge in [-0.3, -0.25) is 0 Å². The number of benzene rings is 1. The topological polar surface area (TPSA) is 63.6 Å². The molecule has 0 N–H and O–H groups in total. The monoisotopic (exact) mass is 321 g/mol. The fourth-order valence-electron chi connectivity index (χ4n) is 0.918. The molecular weight excluding hydrogens is 315 g/mol. The van der Waals surface area contributed by atoms with Crippen molar-refractivity contribution in [2.45, 2.75) is 17.3 Å². The average molecular weight is 322 g/mol. The zero-order valence-electron chi connectivity index (χ0n) is 8.81. The van der Waals surface area contributed by atoms with E-state index in [-0.39, 0.29) is 4.90 Å². The van der Waals surface area contributed by atoms with Gasteiger partial charge in [0.15, 0.2) is 8.94 Å². The molecule has 1 unspecified atom stereocenters. The zero-order valence-corrected chi connectivity index (χ0v) is 11.2. The minimum atomic E-state index is -5.90. The van der Waals surface area contributed by atoms with Crippen molar-refractivity contribution in [3.05, 3.63) is 29.8 Å². The summed E-state index contributed by atoms with van der Waals surface area (Å²) in [6.45, 7) is 1.68. The molecule has 18 heavy (non-hydrogen) atoms. The lowest BCUT2D eigenvalue weighted by Gasteiger charge is -2.05. The van der Waals surface area contributed by atoms with Gasteiger partial charge in [0.05, 0.1) is 4.90 Å². The van der Waals surface area contributed by atoms with Gasteiger partial charge < -0.3 is 0 Å². The molecule has 0 aliphatic carbocycles. The summed E-state index contributed by atoms with van der Waals surface area (Å²) in [6, 6.07) is 5.15. The van der Waals surface area contributed by atoms with Crippen molar-refractivity contribution in [3.63, 3.8) is 0 Å². The molecule has 4 nitrogen and oxygen atoms in total. The van der Waals surface area contributed by atoms with Gasteiger partial charge in [-0.15, -0.1) is 0 Å². The Morgan fingerprint density at radius 1 is 1.11 bits per heavy atom. The summed E-state index contributed by atoms with van der Waals surface area (Å²) in [5, 5.41) is 0. The van der Waals surface area contributed by atoms with Crippen LogP contribution in [0.25, 0.3) is 0 Å². The summed E-state index contributed by atoms with van der Waals surface area (Å²) in [6.07, 6.45) is 0. The molecule has 0 spiro atoms. The Bertz CT molecular complexity index is 658. The van der Waals surface area contributed by atoms with Crippen molar-refractivity contribution in [1.29, 1.82) is 0 Å². The second kappa shape index (κ2) is 4.71. The number of sulfonamides is 1. The van der Waals surface area contributed by atoms with E-state index in [1.807, 2.05) is 0 Å². The number of alkyl halides is 3. The number of hydrogen-bond acceptors (Lipinski definition) is 3. The first kappa shape index (κ1) is 15.3. The van der Waals surface area contributed by atoms with Crippen molar-refractivity contribution in [2.75, 3.05) is 0 Å². The third kappa shape index (κ3) is 3.36. The number of hydrogen-bond donors (Lipinski definition) is 0. The maximum atomic E-state index is 12.1. The molecule has 0 bridgehead atoms. The minimum Gasteiger partial charge on any atom is -0.227 e. The highest BCUT2D eigenvalue weighted by Crippen LogP contribution is 2.29. The molecule has 1 rings (SSSR count). The van der Waals surface area contributed by atoms with Gasteiger partial charge in [-0.05, 0) is 19.1 Å². The van der Waals surface area contributed by atoms with Crippen LogP contribution in [0.5, 0.6) is 0 Å². The number of halogens is 4. The van der Waals surface area contributed by atoms with Gasteiger partial charge in [0.25, 0.3) is 0 Å². The highest BCUT2D eigenvalue weighted by Gasteiger charge is 2.47. The molecule has 102 valence electrons. The van der Waals surface area contributed by atoms with Crippen LogP contribution in [0.1, 0.15) is 5.56 Å². The molecule has 0 heterocycles. The molecule has 1 atom stereocenters. The van der Waals surface area contributed by atoms with Crippen molar-refractivity contribution in [2.24, 2.45) is 3.77 Å². The van der Waals surface area contributed by atoms with E-state index in [0.717, 1.165) is 17.7 Å². The summed E-state index contributed by atoms with van der Waals surface area (Å²) in [5.74, 6) is 0. The highest BCUT2D eigenvalue weighted by molar-refractivity contribution is 8.19. The number of aryl methyl sites for hydroxylation is 1. The van der Waals surface area contributed by atoms with E-state index in [1.54, 1.807) is 6.92 Å². The highest BCUT2D eigenvalue weighted by atomic mass is 35.7. The third-order valence-corrected chi connectivity index (χ3v) is 5.83. The molecule has 0 aromatic heterocycles. The van der Waals surface area contributed by atoms with E-state index in [0.29, 0.717) is 0 Å². The van der Waals surface area contributed by atoms with Crippen LogP contribution >= 0.6 is 10.7 Å². The van der Waals surface area contributed by atoms with Gasteiger partial charge >= 0.3 is 15.5 Å². The predicted octanol–water partition coefficient (Wildman–Crippen LogP) is 2.83. The molecule has 0 aliphatic rings. The second-order valence-corrected chi connectivity index (χ2v) is 7.92. The van der Waals surface area contributed by atoms with E-state index in [4.69, 9.17) is 10.7 Å². The Hall–Kier alpha value is -0.800. The van der Waals surface area contributed by atoms with E-state index in [2.05, 4.69) is 3.77 Å². The molecular formula is C8H7ClF3NO3S2. The Balaban J connectivity index is 3.40. The molecule has 0 saturated heterocycles. The molecule has 10 heteroatoms. The maximum Gasteiger partial charge on any atom is 0.519 e. The maximum absolute atomic E-state index is 12.1. The first-order chi connectivity index (χ1) is 7.96. The van der Waals surface area contributed by atoms with Gasteiger partial charge in [-0.25, -0.2) is 4.21 Å². The fourth-order valence-corrected chi connectivity index (χ4v) is 4.06. The van der Waals surface area contributed by atoms with Crippen molar-refractivity contribution in [1.82, 2.24) is 0 Å². The summed E-state index contributed by atoms with van der Waals surface area (Å²) in [4.78, 5) is -0.303. The van der Waals surface area contributed by atoms with Crippen LogP contribution in [0.4, 0.5) is 13.2 Å². The largest absolute Gasteiger partial charge is 0.519 e. The van der Waals surface area contributed by atoms with Gasteiger partial charge in [-0.1, -0.05) is 21.5 Å².